The normalized spacial score (nSPS) is 23.3. The van der Waals surface area contributed by atoms with Crippen molar-refractivity contribution in [2.75, 3.05) is 0 Å². The fraction of sp³-hybridized carbons (Fsp3) is 0.538. The van der Waals surface area contributed by atoms with E-state index in [1.165, 1.54) is 60.8 Å². The molecule has 0 radical (unpaired) electrons. The maximum Gasteiger partial charge on any atom is 0.242 e. The van der Waals surface area contributed by atoms with Gasteiger partial charge in [0.1, 0.15) is 0 Å². The quantitative estimate of drug-likeness (QED) is 0.158. The van der Waals surface area contributed by atoms with Crippen molar-refractivity contribution in [2.45, 2.75) is 225 Å². The first kappa shape index (κ1) is 45.9. The fourth-order valence-corrected chi connectivity index (χ4v) is 14.3. The summed E-state index contributed by atoms with van der Waals surface area (Å²) in [6.45, 7) is 42.3. The van der Waals surface area contributed by atoms with Gasteiger partial charge < -0.3 is 0 Å². The zero-order valence-corrected chi connectivity index (χ0v) is 44.5. The van der Waals surface area contributed by atoms with Crippen molar-refractivity contribution < 1.29 is 0 Å². The van der Waals surface area contributed by atoms with Gasteiger partial charge in [0.05, 0.1) is 0 Å². The van der Waals surface area contributed by atoms with E-state index in [-0.39, 0.29) is 50.5 Å². The van der Waals surface area contributed by atoms with E-state index in [4.69, 9.17) is 0 Å². The summed E-state index contributed by atoms with van der Waals surface area (Å²) in [6.07, 6.45) is 10.7. The summed E-state index contributed by atoms with van der Waals surface area (Å²) in [4.78, 5) is 0. The maximum absolute atomic E-state index is 2.79. The largest absolute Gasteiger partial charge is 0.242 e. The lowest BCUT2D eigenvalue weighted by molar-refractivity contribution is 0.331. The highest BCUT2D eigenvalue weighted by atomic mass is 14.5. The van der Waals surface area contributed by atoms with Crippen LogP contribution in [0.15, 0.2) is 72.8 Å². The number of hydrogen-bond donors (Lipinski definition) is 0. The molecular weight excluding hydrogens is 792 g/mol. The van der Waals surface area contributed by atoms with Gasteiger partial charge >= 0.3 is 0 Å². The SMILES string of the molecule is Cc1cc2c3c(c1)C(CCc1ccc4c(c1)C(C)(C)CCC4(C)C)c1cc4c(cc1B3c1ccc(C(C)(C)C)cc1C(c1cc3c(cc1C)C(C)(C)CCC3(C)C)C2)C(C)(C)CCC4(C)C. The van der Waals surface area contributed by atoms with E-state index >= 15 is 0 Å². The predicted molar refractivity (Wildman–Crippen MR) is 287 cm³/mol. The molecule has 5 aromatic carbocycles. The van der Waals surface area contributed by atoms with Gasteiger partial charge in [0, 0.05) is 11.8 Å². The van der Waals surface area contributed by atoms with Crippen molar-refractivity contribution in [3.05, 3.63) is 156 Å². The van der Waals surface area contributed by atoms with Crippen LogP contribution in [-0.4, -0.2) is 6.71 Å². The molecule has 2 aliphatic heterocycles. The minimum atomic E-state index is 0.0449. The first-order valence-electron chi connectivity index (χ1n) is 26.4. The Hall–Kier alpha value is -3.84. The molecule has 2 atom stereocenters. The second kappa shape index (κ2) is 14.8. The minimum Gasteiger partial charge on any atom is -0.0664 e. The highest BCUT2D eigenvalue weighted by Gasteiger charge is 2.47. The lowest BCUT2D eigenvalue weighted by Gasteiger charge is -2.44. The van der Waals surface area contributed by atoms with Crippen LogP contribution >= 0.6 is 0 Å². The van der Waals surface area contributed by atoms with Gasteiger partial charge in [-0.3, -0.25) is 0 Å². The minimum absolute atomic E-state index is 0.0449. The van der Waals surface area contributed by atoms with Gasteiger partial charge in [0.2, 0.25) is 6.71 Å². The zero-order chi connectivity index (χ0) is 47.5. The number of rotatable bonds is 4. The van der Waals surface area contributed by atoms with Crippen LogP contribution in [0.3, 0.4) is 0 Å². The zero-order valence-electron chi connectivity index (χ0n) is 44.5. The van der Waals surface area contributed by atoms with Crippen molar-refractivity contribution in [1.82, 2.24) is 0 Å². The van der Waals surface area contributed by atoms with Crippen LogP contribution in [0.25, 0.3) is 0 Å². The molecule has 1 heteroatoms. The smallest absolute Gasteiger partial charge is 0.0664 e. The Morgan fingerprint density at radius 1 is 0.485 bits per heavy atom. The Kier molecular flexibility index (Phi) is 10.3. The lowest BCUT2D eigenvalue weighted by Crippen LogP contribution is -2.59. The van der Waals surface area contributed by atoms with E-state index in [1.807, 2.05) is 0 Å². The number of aryl methyl sites for hydroxylation is 3. The molecule has 0 aromatic heterocycles. The van der Waals surface area contributed by atoms with Crippen molar-refractivity contribution in [1.29, 1.82) is 0 Å². The molecule has 10 rings (SSSR count). The molecule has 0 amide bonds. The first-order valence-corrected chi connectivity index (χ1v) is 26.4. The highest BCUT2D eigenvalue weighted by molar-refractivity contribution is 6.97. The average molecular weight is 875 g/mol. The summed E-state index contributed by atoms with van der Waals surface area (Å²) in [5.74, 6) is 0.599. The van der Waals surface area contributed by atoms with E-state index in [9.17, 15) is 0 Å². The molecular formula is C65H83B. The van der Waals surface area contributed by atoms with E-state index in [1.54, 1.807) is 77.6 Å². The Morgan fingerprint density at radius 3 is 1.58 bits per heavy atom. The Morgan fingerprint density at radius 2 is 1.00 bits per heavy atom. The molecule has 66 heavy (non-hydrogen) atoms. The molecule has 0 bridgehead atoms. The third kappa shape index (κ3) is 7.27. The van der Waals surface area contributed by atoms with Crippen molar-refractivity contribution >= 4 is 23.1 Å². The summed E-state index contributed by atoms with van der Waals surface area (Å²) in [5, 5.41) is 0. The molecule has 5 aromatic rings. The van der Waals surface area contributed by atoms with Gasteiger partial charge in [-0.1, -0.05) is 204 Å². The summed E-state index contributed by atoms with van der Waals surface area (Å²) in [5.41, 5.74) is 29.1. The summed E-state index contributed by atoms with van der Waals surface area (Å²) >= 11 is 0. The molecule has 0 fully saturated rings. The molecule has 3 aliphatic carbocycles. The van der Waals surface area contributed by atoms with E-state index in [0.717, 1.165) is 19.3 Å². The average Bonchev–Trinajstić information content (AvgIpc) is 3.37. The molecule has 0 saturated carbocycles. The second-order valence-corrected chi connectivity index (χ2v) is 27.8. The third-order valence-electron chi connectivity index (χ3n) is 19.2. The fourth-order valence-electron chi connectivity index (χ4n) is 14.3. The first-order chi connectivity index (χ1) is 30.6. The van der Waals surface area contributed by atoms with Crippen molar-refractivity contribution in [3.8, 4) is 0 Å². The summed E-state index contributed by atoms with van der Waals surface area (Å²) < 4.78 is 0. The van der Waals surface area contributed by atoms with Crippen LogP contribution in [0.2, 0.25) is 0 Å². The van der Waals surface area contributed by atoms with Crippen LogP contribution in [0.5, 0.6) is 0 Å². The number of fused-ring (bicyclic) bond motifs is 7. The van der Waals surface area contributed by atoms with Gasteiger partial charge in [-0.2, -0.15) is 0 Å². The number of hydrogen-bond acceptors (Lipinski definition) is 0. The van der Waals surface area contributed by atoms with Gasteiger partial charge in [-0.15, -0.1) is 0 Å². The number of benzene rings is 5. The van der Waals surface area contributed by atoms with Crippen molar-refractivity contribution in [2.24, 2.45) is 0 Å². The van der Waals surface area contributed by atoms with Gasteiger partial charge in [0.15, 0.2) is 0 Å². The van der Waals surface area contributed by atoms with Gasteiger partial charge in [-0.05, 0) is 182 Å². The molecule has 346 valence electrons. The van der Waals surface area contributed by atoms with Crippen LogP contribution in [0.4, 0.5) is 0 Å². The molecule has 2 heterocycles. The van der Waals surface area contributed by atoms with E-state index in [0.29, 0.717) is 5.92 Å². The van der Waals surface area contributed by atoms with E-state index in [2.05, 4.69) is 190 Å². The maximum atomic E-state index is 2.79. The molecule has 0 saturated heterocycles. The summed E-state index contributed by atoms with van der Waals surface area (Å²) in [7, 11) is 0. The standard InChI is InChI=1S/C65H83B/c1-39-30-42-34-46(45-36-53-51(32-40(45)2)61(8,9)26-27-63(53,12)13)47-35-43(59(3,4)5)20-23-56(47)66-57-38-55-54(64(14,15)28-29-65(55,16)17)37-48(57)44(49(31-39)58(42)66)21-18-41-19-22-50-52(33-41)62(10,11)25-24-60(50,6)7/h19-20,22-23,30-33,35-38,44,46H,18,21,24-29,34H2,1-17H3. The third-order valence-corrected chi connectivity index (χ3v) is 19.2. The molecule has 0 nitrogen and oxygen atoms in total. The molecule has 0 N–H and O–H groups in total. The molecule has 0 spiro atoms. The van der Waals surface area contributed by atoms with Crippen molar-refractivity contribution in [3.63, 3.8) is 0 Å². The lowest BCUT2D eigenvalue weighted by atomic mass is 9.31. The molecule has 2 unspecified atom stereocenters. The summed E-state index contributed by atoms with van der Waals surface area (Å²) in [6, 6.07) is 31.6. The Balaban J connectivity index is 1.22. The van der Waals surface area contributed by atoms with Crippen LogP contribution < -0.4 is 16.4 Å². The van der Waals surface area contributed by atoms with Gasteiger partial charge in [0.25, 0.3) is 0 Å². The Labute approximate surface area is 402 Å². The van der Waals surface area contributed by atoms with Gasteiger partial charge in [-0.25, -0.2) is 0 Å². The predicted octanol–water partition coefficient (Wildman–Crippen LogP) is 14.9. The van der Waals surface area contributed by atoms with Crippen LogP contribution in [0, 0.1) is 13.8 Å². The monoisotopic (exact) mass is 875 g/mol. The molecule has 5 aliphatic rings. The highest BCUT2D eigenvalue weighted by Crippen LogP contribution is 2.51. The van der Waals surface area contributed by atoms with Crippen LogP contribution in [-0.2, 0) is 50.7 Å². The topological polar surface area (TPSA) is 0 Å². The second-order valence-electron chi connectivity index (χ2n) is 27.8. The Bertz CT molecular complexity index is 2810. The van der Waals surface area contributed by atoms with E-state index < -0.39 is 0 Å². The van der Waals surface area contributed by atoms with Crippen LogP contribution in [0.1, 0.15) is 244 Å².